The third-order valence-electron chi connectivity index (χ3n) is 5.47. The summed E-state index contributed by atoms with van der Waals surface area (Å²) in [6.45, 7) is 5.69. The Morgan fingerprint density at radius 3 is 2.61 bits per heavy atom. The van der Waals surface area contributed by atoms with Crippen molar-refractivity contribution in [3.63, 3.8) is 0 Å². The molecule has 0 unspecified atom stereocenters. The lowest BCUT2D eigenvalue weighted by atomic mass is 10.0. The zero-order chi connectivity index (χ0) is 23.4. The number of carbonyl (C=O) groups is 1. The van der Waals surface area contributed by atoms with Gasteiger partial charge < -0.3 is 5.32 Å². The highest BCUT2D eigenvalue weighted by Crippen LogP contribution is 2.33. The van der Waals surface area contributed by atoms with Crippen molar-refractivity contribution >= 4 is 17.2 Å². The lowest BCUT2D eigenvalue weighted by Crippen LogP contribution is -2.16. The van der Waals surface area contributed by atoms with Crippen LogP contribution in [0.25, 0.3) is 16.8 Å². The standard InChI is InChI=1S/C27H23F2N3O/c1-3-7-17(8-4-2)26-30-16-19-10-5-9-18-15-20(13-14-21(18)25(19)32-26)31-27(33)24-22(28)11-6-12-23(24)29/h3-4,6-8,11-16H,1,5,9-10H2,2H3,(H,31,33)/b8-4-,17-7+. The lowest BCUT2D eigenvalue weighted by Gasteiger charge is -2.13. The number of amides is 1. The number of aryl methyl sites for hydroxylation is 2. The molecule has 6 heteroatoms. The fourth-order valence-corrected chi connectivity index (χ4v) is 3.96. The molecule has 0 radical (unpaired) electrons. The molecule has 1 heterocycles. The van der Waals surface area contributed by atoms with E-state index in [1.165, 1.54) is 6.07 Å². The van der Waals surface area contributed by atoms with E-state index in [1.54, 1.807) is 12.1 Å². The van der Waals surface area contributed by atoms with E-state index in [-0.39, 0.29) is 0 Å². The fraction of sp³-hybridized carbons (Fsp3) is 0.148. The molecule has 0 spiro atoms. The van der Waals surface area contributed by atoms with E-state index >= 15 is 0 Å². The maximum absolute atomic E-state index is 14.0. The number of anilines is 1. The second kappa shape index (κ2) is 9.69. The summed E-state index contributed by atoms with van der Waals surface area (Å²) in [6, 6.07) is 8.80. The molecule has 1 aliphatic carbocycles. The molecule has 166 valence electrons. The summed E-state index contributed by atoms with van der Waals surface area (Å²) in [6.07, 6.45) is 11.8. The Bertz CT molecular complexity index is 1270. The van der Waals surface area contributed by atoms with Crippen molar-refractivity contribution < 1.29 is 13.6 Å². The second-order valence-electron chi connectivity index (χ2n) is 7.70. The normalized spacial score (nSPS) is 13.2. The maximum atomic E-state index is 14.0. The van der Waals surface area contributed by atoms with Crippen LogP contribution in [0.2, 0.25) is 0 Å². The summed E-state index contributed by atoms with van der Waals surface area (Å²) < 4.78 is 28.0. The molecule has 3 aromatic rings. The van der Waals surface area contributed by atoms with Crippen LogP contribution in [-0.4, -0.2) is 15.9 Å². The van der Waals surface area contributed by atoms with Crippen LogP contribution in [0.5, 0.6) is 0 Å². The van der Waals surface area contributed by atoms with Gasteiger partial charge in [0.15, 0.2) is 5.82 Å². The van der Waals surface area contributed by atoms with E-state index in [4.69, 9.17) is 4.98 Å². The Hall–Kier alpha value is -3.93. The van der Waals surface area contributed by atoms with Crippen molar-refractivity contribution in [2.75, 3.05) is 5.32 Å². The number of fused-ring (bicyclic) bond motifs is 3. The van der Waals surface area contributed by atoms with Crippen molar-refractivity contribution in [3.05, 3.63) is 108 Å². The monoisotopic (exact) mass is 443 g/mol. The van der Waals surface area contributed by atoms with Crippen LogP contribution in [0.3, 0.4) is 0 Å². The van der Waals surface area contributed by atoms with Crippen LogP contribution >= 0.6 is 0 Å². The first kappa shape index (κ1) is 22.3. The van der Waals surface area contributed by atoms with Gasteiger partial charge >= 0.3 is 0 Å². The summed E-state index contributed by atoms with van der Waals surface area (Å²) in [7, 11) is 0. The average molecular weight is 443 g/mol. The minimum atomic E-state index is -0.898. The number of hydrogen-bond donors (Lipinski definition) is 1. The highest BCUT2D eigenvalue weighted by molar-refractivity contribution is 6.04. The van der Waals surface area contributed by atoms with Crippen LogP contribution < -0.4 is 5.32 Å². The van der Waals surface area contributed by atoms with E-state index in [9.17, 15) is 13.6 Å². The molecule has 0 fully saturated rings. The van der Waals surface area contributed by atoms with Gasteiger partial charge in [-0.2, -0.15) is 0 Å². The summed E-state index contributed by atoms with van der Waals surface area (Å²) in [5, 5.41) is 2.62. The molecule has 2 aromatic carbocycles. The van der Waals surface area contributed by atoms with Gasteiger partial charge in [0.25, 0.3) is 5.91 Å². The Morgan fingerprint density at radius 1 is 1.12 bits per heavy atom. The molecule has 0 bridgehead atoms. The summed E-state index contributed by atoms with van der Waals surface area (Å²) in [5.41, 5.74) is 4.61. The third kappa shape index (κ3) is 4.65. The summed E-state index contributed by atoms with van der Waals surface area (Å²) in [5.74, 6) is -2.02. The van der Waals surface area contributed by atoms with Gasteiger partial charge in [-0.15, -0.1) is 0 Å². The molecule has 0 aliphatic heterocycles. The van der Waals surface area contributed by atoms with E-state index in [0.717, 1.165) is 59.4 Å². The topological polar surface area (TPSA) is 54.9 Å². The van der Waals surface area contributed by atoms with Crippen molar-refractivity contribution in [1.29, 1.82) is 0 Å². The smallest absolute Gasteiger partial charge is 0.261 e. The van der Waals surface area contributed by atoms with Crippen molar-refractivity contribution in [2.45, 2.75) is 26.2 Å². The van der Waals surface area contributed by atoms with Crippen LogP contribution in [0.15, 0.2) is 73.5 Å². The third-order valence-corrected chi connectivity index (χ3v) is 5.47. The predicted octanol–water partition coefficient (Wildman–Crippen LogP) is 6.31. The highest BCUT2D eigenvalue weighted by atomic mass is 19.1. The molecule has 4 rings (SSSR count). The van der Waals surface area contributed by atoms with Crippen LogP contribution in [0, 0.1) is 11.6 Å². The molecule has 4 nitrogen and oxygen atoms in total. The van der Waals surface area contributed by atoms with E-state index in [0.29, 0.717) is 11.5 Å². The van der Waals surface area contributed by atoms with Gasteiger partial charge in [0, 0.05) is 23.0 Å². The number of aromatic nitrogens is 2. The number of allylic oxidation sites excluding steroid dienone is 5. The van der Waals surface area contributed by atoms with Gasteiger partial charge in [-0.05, 0) is 61.6 Å². The van der Waals surface area contributed by atoms with Gasteiger partial charge in [0.2, 0.25) is 0 Å². The van der Waals surface area contributed by atoms with Crippen molar-refractivity contribution in [1.82, 2.24) is 9.97 Å². The number of benzene rings is 2. The number of carbonyl (C=O) groups excluding carboxylic acids is 1. The summed E-state index contributed by atoms with van der Waals surface area (Å²) in [4.78, 5) is 21.9. The highest BCUT2D eigenvalue weighted by Gasteiger charge is 2.20. The quantitative estimate of drug-likeness (QED) is 0.470. The van der Waals surface area contributed by atoms with Gasteiger partial charge in [0.1, 0.15) is 17.2 Å². The Balaban J connectivity index is 1.70. The lowest BCUT2D eigenvalue weighted by molar-refractivity contribution is 0.101. The first-order chi connectivity index (χ1) is 16.0. The van der Waals surface area contributed by atoms with Gasteiger partial charge in [0.05, 0.1) is 5.69 Å². The zero-order valence-electron chi connectivity index (χ0n) is 18.2. The van der Waals surface area contributed by atoms with Crippen molar-refractivity contribution in [2.24, 2.45) is 0 Å². The number of hydrogen-bond acceptors (Lipinski definition) is 3. The van der Waals surface area contributed by atoms with Crippen molar-refractivity contribution in [3.8, 4) is 11.3 Å². The van der Waals surface area contributed by atoms with Gasteiger partial charge in [-0.3, -0.25) is 4.79 Å². The van der Waals surface area contributed by atoms with Crippen LogP contribution in [-0.2, 0) is 12.8 Å². The van der Waals surface area contributed by atoms with Crippen LogP contribution in [0.4, 0.5) is 14.5 Å². The fourth-order valence-electron chi connectivity index (χ4n) is 3.96. The molecule has 0 saturated heterocycles. The molecule has 33 heavy (non-hydrogen) atoms. The molecular weight excluding hydrogens is 420 g/mol. The SMILES string of the molecule is C=C/C=C(\C=C/C)c1ncc2c(n1)-c1ccc(NC(=O)c3c(F)cccc3F)cc1CCC2. The average Bonchev–Trinajstić information content (AvgIpc) is 2.97. The minimum absolute atomic E-state index is 0.472. The molecule has 1 N–H and O–H groups in total. The first-order valence-electron chi connectivity index (χ1n) is 10.7. The Morgan fingerprint density at radius 2 is 1.88 bits per heavy atom. The number of rotatable bonds is 5. The first-order valence-corrected chi connectivity index (χ1v) is 10.7. The zero-order valence-corrected chi connectivity index (χ0v) is 18.2. The number of halogens is 2. The van der Waals surface area contributed by atoms with Crippen LogP contribution in [0.1, 0.15) is 40.7 Å². The molecule has 1 amide bonds. The molecular formula is C27H23F2N3O. The second-order valence-corrected chi connectivity index (χ2v) is 7.70. The number of nitrogens with one attached hydrogen (secondary N) is 1. The Kier molecular flexibility index (Phi) is 6.54. The minimum Gasteiger partial charge on any atom is -0.322 e. The largest absolute Gasteiger partial charge is 0.322 e. The molecule has 1 aliphatic rings. The van der Waals surface area contributed by atoms with E-state index < -0.39 is 23.1 Å². The Labute approximate surface area is 191 Å². The number of nitrogens with zero attached hydrogens (tertiary/aromatic N) is 2. The maximum Gasteiger partial charge on any atom is 0.261 e. The summed E-state index contributed by atoms with van der Waals surface area (Å²) >= 11 is 0. The van der Waals surface area contributed by atoms with Gasteiger partial charge in [-0.25, -0.2) is 18.7 Å². The van der Waals surface area contributed by atoms with E-state index in [2.05, 4.69) is 16.9 Å². The molecule has 0 saturated carbocycles. The molecule has 1 aromatic heterocycles. The van der Waals surface area contributed by atoms with Gasteiger partial charge in [-0.1, -0.05) is 43.0 Å². The van der Waals surface area contributed by atoms with E-state index in [1.807, 2.05) is 43.5 Å². The predicted molar refractivity (Wildman–Crippen MR) is 127 cm³/mol. The molecule has 0 atom stereocenters.